The average Bonchev–Trinajstić information content (AvgIpc) is 3.15. The highest BCUT2D eigenvalue weighted by Crippen LogP contribution is 2.17. The van der Waals surface area contributed by atoms with Gasteiger partial charge in [-0.2, -0.15) is 0 Å². The van der Waals surface area contributed by atoms with Crippen LogP contribution in [0.15, 0.2) is 18.3 Å². The lowest BCUT2D eigenvalue weighted by Gasteiger charge is -2.30. The Kier molecular flexibility index (Phi) is 13.2. The molecule has 1 heterocycles. The van der Waals surface area contributed by atoms with E-state index in [2.05, 4.69) is 20.8 Å². The molecule has 1 aromatic heterocycles. The van der Waals surface area contributed by atoms with Crippen LogP contribution in [0.2, 0.25) is 0 Å². The molecule has 0 fully saturated rings. The van der Waals surface area contributed by atoms with Crippen molar-refractivity contribution in [2.75, 3.05) is 33.4 Å². The Labute approximate surface area is 183 Å². The van der Waals surface area contributed by atoms with Gasteiger partial charge in [-0.15, -0.1) is 0 Å². The van der Waals surface area contributed by atoms with Crippen LogP contribution in [0.3, 0.4) is 0 Å². The van der Waals surface area contributed by atoms with Crippen molar-refractivity contribution in [1.82, 2.24) is 14.4 Å². The highest BCUT2D eigenvalue weighted by atomic mass is 16.5. The zero-order chi connectivity index (χ0) is 22.4. The third kappa shape index (κ3) is 8.90. The number of ether oxygens (including phenoxy) is 1. The van der Waals surface area contributed by atoms with Crippen molar-refractivity contribution in [2.24, 2.45) is 13.0 Å². The van der Waals surface area contributed by atoms with Gasteiger partial charge in [0.05, 0.1) is 13.1 Å². The fraction of sp³-hybridized carbons (Fsp3) is 0.750. The minimum absolute atomic E-state index is 0.00254. The van der Waals surface area contributed by atoms with Crippen LogP contribution in [0.1, 0.15) is 71.4 Å². The van der Waals surface area contributed by atoms with E-state index in [1.807, 2.05) is 34.8 Å². The molecule has 0 radical (unpaired) electrons. The first-order chi connectivity index (χ1) is 14.5. The average molecular weight is 422 g/mol. The number of rotatable bonds is 16. The predicted octanol–water partition coefficient (Wildman–Crippen LogP) is 4.24. The summed E-state index contributed by atoms with van der Waals surface area (Å²) in [6.45, 7) is 8.94. The quantitative estimate of drug-likeness (QED) is 0.375. The Bertz CT molecular complexity index is 615. The predicted molar refractivity (Wildman–Crippen MR) is 122 cm³/mol. The van der Waals surface area contributed by atoms with E-state index in [1.54, 1.807) is 12.0 Å². The van der Waals surface area contributed by atoms with Gasteiger partial charge in [-0.1, -0.05) is 40.0 Å². The molecule has 0 bridgehead atoms. The van der Waals surface area contributed by atoms with Crippen LogP contribution in [-0.2, 0) is 27.9 Å². The molecule has 6 nitrogen and oxygen atoms in total. The number of aromatic nitrogens is 1. The molecule has 1 rings (SSSR count). The summed E-state index contributed by atoms with van der Waals surface area (Å²) >= 11 is 0. The molecule has 30 heavy (non-hydrogen) atoms. The molecule has 0 aliphatic heterocycles. The molecule has 0 aliphatic carbocycles. The Morgan fingerprint density at radius 3 is 2.33 bits per heavy atom. The van der Waals surface area contributed by atoms with Crippen molar-refractivity contribution in [2.45, 2.75) is 72.3 Å². The largest absolute Gasteiger partial charge is 0.385 e. The van der Waals surface area contributed by atoms with Gasteiger partial charge in [-0.25, -0.2) is 0 Å². The van der Waals surface area contributed by atoms with Crippen LogP contribution < -0.4 is 0 Å². The minimum atomic E-state index is -0.00254. The number of aryl methyl sites for hydroxylation is 1. The zero-order valence-corrected chi connectivity index (χ0v) is 19.9. The number of carbonyl (C=O) groups is 2. The normalized spacial score (nSPS) is 12.0. The first-order valence-corrected chi connectivity index (χ1v) is 11.6. The van der Waals surface area contributed by atoms with Gasteiger partial charge >= 0.3 is 0 Å². The third-order valence-electron chi connectivity index (χ3n) is 5.70. The van der Waals surface area contributed by atoms with Crippen molar-refractivity contribution in [3.63, 3.8) is 0 Å². The van der Waals surface area contributed by atoms with Crippen molar-refractivity contribution in [3.05, 3.63) is 24.0 Å². The van der Waals surface area contributed by atoms with Gasteiger partial charge in [0.1, 0.15) is 0 Å². The highest BCUT2D eigenvalue weighted by molar-refractivity contribution is 5.86. The first kappa shape index (κ1) is 26.2. The van der Waals surface area contributed by atoms with E-state index in [1.165, 1.54) is 0 Å². The number of unbranched alkanes of at least 4 members (excludes halogenated alkanes) is 2. The molecule has 0 saturated carbocycles. The fourth-order valence-electron chi connectivity index (χ4n) is 3.64. The van der Waals surface area contributed by atoms with E-state index in [-0.39, 0.29) is 24.3 Å². The monoisotopic (exact) mass is 421 g/mol. The van der Waals surface area contributed by atoms with E-state index < -0.39 is 0 Å². The lowest BCUT2D eigenvalue weighted by atomic mass is 9.97. The molecule has 0 aromatic carbocycles. The molecule has 0 aliphatic rings. The van der Waals surface area contributed by atoms with Crippen LogP contribution in [0.5, 0.6) is 0 Å². The first-order valence-electron chi connectivity index (χ1n) is 11.6. The molecule has 2 amide bonds. The second-order valence-corrected chi connectivity index (χ2v) is 8.13. The Morgan fingerprint density at radius 2 is 1.77 bits per heavy atom. The Morgan fingerprint density at radius 1 is 1.07 bits per heavy atom. The molecule has 6 heteroatoms. The number of amides is 2. The summed E-state index contributed by atoms with van der Waals surface area (Å²) in [5.41, 5.74) is 1.10. The second-order valence-electron chi connectivity index (χ2n) is 8.13. The van der Waals surface area contributed by atoms with Gasteiger partial charge < -0.3 is 19.1 Å². The van der Waals surface area contributed by atoms with Gasteiger partial charge in [0.2, 0.25) is 11.8 Å². The van der Waals surface area contributed by atoms with E-state index in [4.69, 9.17) is 4.74 Å². The fourth-order valence-corrected chi connectivity index (χ4v) is 3.64. The van der Waals surface area contributed by atoms with E-state index in [9.17, 15) is 9.59 Å². The maximum atomic E-state index is 13.3. The van der Waals surface area contributed by atoms with Crippen molar-refractivity contribution in [1.29, 1.82) is 0 Å². The molecule has 0 spiro atoms. The summed E-state index contributed by atoms with van der Waals surface area (Å²) in [5.74, 6) is 0.141. The molecule has 1 aromatic rings. The SMILES string of the molecule is CCCCC(CC)C(=O)N(CCCOC)CC(=O)N(CCCC)Cc1cccn1C. The summed E-state index contributed by atoms with van der Waals surface area (Å²) in [5, 5.41) is 0. The van der Waals surface area contributed by atoms with E-state index >= 15 is 0 Å². The molecule has 0 N–H and O–H groups in total. The molecular weight excluding hydrogens is 378 g/mol. The maximum absolute atomic E-state index is 13.3. The molecular formula is C24H43N3O3. The van der Waals surface area contributed by atoms with Gasteiger partial charge in [0.15, 0.2) is 0 Å². The molecule has 1 unspecified atom stereocenters. The summed E-state index contributed by atoms with van der Waals surface area (Å²) in [6, 6.07) is 4.05. The minimum Gasteiger partial charge on any atom is -0.385 e. The Hall–Kier alpha value is -1.82. The molecule has 0 saturated heterocycles. The molecule has 172 valence electrons. The number of methoxy groups -OCH3 is 1. The van der Waals surface area contributed by atoms with Crippen LogP contribution in [0.4, 0.5) is 0 Å². The van der Waals surface area contributed by atoms with Gasteiger partial charge in [0, 0.05) is 51.7 Å². The summed E-state index contributed by atoms with van der Waals surface area (Å²) in [6.07, 6.45) is 8.56. The van der Waals surface area contributed by atoms with Crippen LogP contribution >= 0.6 is 0 Å². The van der Waals surface area contributed by atoms with Crippen molar-refractivity contribution >= 4 is 11.8 Å². The zero-order valence-electron chi connectivity index (χ0n) is 19.9. The van der Waals surface area contributed by atoms with Crippen molar-refractivity contribution in [3.8, 4) is 0 Å². The standard InChI is InChI=1S/C24H43N3O3/c1-6-9-13-21(8-3)24(29)27(17-12-18-30-5)20-23(28)26(16-10-7-2)19-22-14-11-15-25(22)4/h11,14-15,21H,6-10,12-13,16-20H2,1-5H3. The number of hydrogen-bond donors (Lipinski definition) is 0. The smallest absolute Gasteiger partial charge is 0.242 e. The maximum Gasteiger partial charge on any atom is 0.242 e. The third-order valence-corrected chi connectivity index (χ3v) is 5.70. The van der Waals surface area contributed by atoms with Crippen LogP contribution in [0.25, 0.3) is 0 Å². The summed E-state index contributed by atoms with van der Waals surface area (Å²) < 4.78 is 7.22. The topological polar surface area (TPSA) is 54.8 Å². The van der Waals surface area contributed by atoms with Crippen LogP contribution in [0, 0.1) is 5.92 Å². The number of carbonyl (C=O) groups excluding carboxylic acids is 2. The lowest BCUT2D eigenvalue weighted by molar-refractivity contribution is -0.143. The number of nitrogens with zero attached hydrogens (tertiary/aromatic N) is 3. The number of hydrogen-bond acceptors (Lipinski definition) is 3. The van der Waals surface area contributed by atoms with E-state index in [0.29, 0.717) is 26.2 Å². The second kappa shape index (κ2) is 15.1. The van der Waals surface area contributed by atoms with Crippen LogP contribution in [-0.4, -0.2) is 59.5 Å². The highest BCUT2D eigenvalue weighted by Gasteiger charge is 2.26. The van der Waals surface area contributed by atoms with Crippen molar-refractivity contribution < 1.29 is 14.3 Å². The van der Waals surface area contributed by atoms with E-state index in [0.717, 1.165) is 50.6 Å². The van der Waals surface area contributed by atoms with Gasteiger partial charge in [-0.05, 0) is 37.8 Å². The summed E-state index contributed by atoms with van der Waals surface area (Å²) in [4.78, 5) is 30.2. The van der Waals surface area contributed by atoms with Gasteiger partial charge in [0.25, 0.3) is 0 Å². The van der Waals surface area contributed by atoms with Gasteiger partial charge in [-0.3, -0.25) is 9.59 Å². The summed E-state index contributed by atoms with van der Waals surface area (Å²) in [7, 11) is 3.66. The Balaban J connectivity index is 2.91. The lowest BCUT2D eigenvalue weighted by Crippen LogP contribution is -2.45. The molecule has 1 atom stereocenters.